The molecule has 0 unspecified atom stereocenters. The maximum atomic E-state index is 13.7. The van der Waals surface area contributed by atoms with Crippen LogP contribution in [0.15, 0.2) is 90.6 Å². The minimum atomic E-state index is -0.336. The van der Waals surface area contributed by atoms with Gasteiger partial charge in [0.25, 0.3) is 11.8 Å². The monoisotopic (exact) mass is 426 g/mol. The fourth-order valence-corrected chi connectivity index (χ4v) is 3.89. The molecule has 0 aromatic heterocycles. The molecule has 1 heterocycles. The second-order valence-electron chi connectivity index (χ2n) is 7.78. The van der Waals surface area contributed by atoms with Crippen molar-refractivity contribution in [2.24, 2.45) is 0 Å². The van der Waals surface area contributed by atoms with Crippen molar-refractivity contribution < 1.29 is 14.3 Å². The highest BCUT2D eigenvalue weighted by atomic mass is 16.5. The summed E-state index contributed by atoms with van der Waals surface area (Å²) in [6.45, 7) is 6.42. The molecule has 5 heteroatoms. The van der Waals surface area contributed by atoms with Crippen LogP contribution in [-0.4, -0.2) is 24.5 Å². The fraction of sp³-hybridized carbons (Fsp3) is 0.185. The summed E-state index contributed by atoms with van der Waals surface area (Å²) < 4.78 is 5.70. The SMILES string of the molecule is CCN(C1=C(c2ccccc2)C(=O)N(c2ccc(OC(C)C)cc2)C1=O)c1ccccc1. The minimum absolute atomic E-state index is 0.0397. The van der Waals surface area contributed by atoms with Gasteiger partial charge in [-0.25, -0.2) is 4.90 Å². The van der Waals surface area contributed by atoms with Crippen molar-refractivity contribution in [3.8, 4) is 5.75 Å². The van der Waals surface area contributed by atoms with Crippen LogP contribution in [-0.2, 0) is 9.59 Å². The van der Waals surface area contributed by atoms with E-state index in [4.69, 9.17) is 4.74 Å². The van der Waals surface area contributed by atoms with Crippen LogP contribution in [0.5, 0.6) is 5.75 Å². The fourth-order valence-electron chi connectivity index (χ4n) is 3.89. The summed E-state index contributed by atoms with van der Waals surface area (Å²) in [5, 5.41) is 0. The van der Waals surface area contributed by atoms with Crippen molar-refractivity contribution in [3.05, 3.63) is 96.2 Å². The quantitative estimate of drug-likeness (QED) is 0.482. The molecule has 3 aromatic carbocycles. The lowest BCUT2D eigenvalue weighted by atomic mass is 10.0. The van der Waals surface area contributed by atoms with Gasteiger partial charge in [0, 0.05) is 12.2 Å². The summed E-state index contributed by atoms with van der Waals surface area (Å²) in [5.74, 6) is 0.0268. The van der Waals surface area contributed by atoms with Gasteiger partial charge in [-0.2, -0.15) is 0 Å². The Morgan fingerprint density at radius 3 is 1.97 bits per heavy atom. The van der Waals surface area contributed by atoms with Crippen molar-refractivity contribution in [1.29, 1.82) is 0 Å². The molecule has 1 aliphatic heterocycles. The van der Waals surface area contributed by atoms with Gasteiger partial charge in [-0.15, -0.1) is 0 Å². The van der Waals surface area contributed by atoms with Gasteiger partial charge in [0.2, 0.25) is 0 Å². The number of anilines is 2. The summed E-state index contributed by atoms with van der Waals surface area (Å²) in [6.07, 6.45) is 0.0397. The molecule has 0 bridgehead atoms. The second-order valence-corrected chi connectivity index (χ2v) is 7.78. The Labute approximate surface area is 188 Å². The standard InChI is InChI=1S/C27H26N2O3/c1-4-28(21-13-9-6-10-14-21)25-24(20-11-7-5-8-12-20)26(30)29(27(25)31)22-15-17-23(18-16-22)32-19(2)3/h5-19H,4H2,1-3H3. The molecule has 2 amide bonds. The van der Waals surface area contributed by atoms with Gasteiger partial charge < -0.3 is 9.64 Å². The average Bonchev–Trinajstić information content (AvgIpc) is 3.06. The first kappa shape index (κ1) is 21.4. The number of ether oxygens (including phenoxy) is 1. The van der Waals surface area contributed by atoms with Crippen LogP contribution in [0.1, 0.15) is 26.3 Å². The van der Waals surface area contributed by atoms with Crippen molar-refractivity contribution in [1.82, 2.24) is 0 Å². The third-order valence-electron chi connectivity index (χ3n) is 5.24. The van der Waals surface area contributed by atoms with Gasteiger partial charge in [-0.1, -0.05) is 48.5 Å². The maximum Gasteiger partial charge on any atom is 0.282 e. The van der Waals surface area contributed by atoms with E-state index >= 15 is 0 Å². The molecule has 1 aliphatic rings. The first-order chi connectivity index (χ1) is 15.5. The molecule has 32 heavy (non-hydrogen) atoms. The normalized spacial score (nSPS) is 13.8. The molecule has 162 valence electrons. The third-order valence-corrected chi connectivity index (χ3v) is 5.24. The van der Waals surface area contributed by atoms with Crippen LogP contribution in [0.4, 0.5) is 11.4 Å². The van der Waals surface area contributed by atoms with Gasteiger partial charge in [-0.3, -0.25) is 9.59 Å². The molecule has 5 nitrogen and oxygen atoms in total. The van der Waals surface area contributed by atoms with Crippen LogP contribution >= 0.6 is 0 Å². The number of para-hydroxylation sites is 1. The second kappa shape index (κ2) is 9.10. The highest BCUT2D eigenvalue weighted by Gasteiger charge is 2.42. The van der Waals surface area contributed by atoms with E-state index in [1.807, 2.05) is 86.3 Å². The Kier molecular flexibility index (Phi) is 6.08. The van der Waals surface area contributed by atoms with Crippen LogP contribution in [0, 0.1) is 0 Å². The van der Waals surface area contributed by atoms with Gasteiger partial charge in [0.1, 0.15) is 11.4 Å². The predicted octanol–water partition coefficient (Wildman–Crippen LogP) is 5.28. The summed E-state index contributed by atoms with van der Waals surface area (Å²) in [7, 11) is 0. The number of likely N-dealkylation sites (N-methyl/N-ethyl adjacent to an activating group) is 1. The maximum absolute atomic E-state index is 13.7. The van der Waals surface area contributed by atoms with E-state index in [0.29, 0.717) is 29.3 Å². The minimum Gasteiger partial charge on any atom is -0.491 e. The highest BCUT2D eigenvalue weighted by molar-refractivity contribution is 6.46. The lowest BCUT2D eigenvalue weighted by molar-refractivity contribution is -0.120. The van der Waals surface area contributed by atoms with E-state index in [1.54, 1.807) is 24.3 Å². The number of imide groups is 1. The molecule has 0 N–H and O–H groups in total. The topological polar surface area (TPSA) is 49.9 Å². The molecule has 3 aromatic rings. The van der Waals surface area contributed by atoms with E-state index in [9.17, 15) is 9.59 Å². The molecule has 0 spiro atoms. The van der Waals surface area contributed by atoms with E-state index in [0.717, 1.165) is 11.3 Å². The third kappa shape index (κ3) is 4.02. The first-order valence-electron chi connectivity index (χ1n) is 10.8. The molecular formula is C27H26N2O3. The zero-order valence-electron chi connectivity index (χ0n) is 18.5. The molecule has 0 saturated carbocycles. The van der Waals surface area contributed by atoms with Crippen LogP contribution in [0.2, 0.25) is 0 Å². The van der Waals surface area contributed by atoms with E-state index in [1.165, 1.54) is 4.90 Å². The average molecular weight is 427 g/mol. The Bertz CT molecular complexity index is 1140. The Morgan fingerprint density at radius 2 is 1.41 bits per heavy atom. The summed E-state index contributed by atoms with van der Waals surface area (Å²) in [5.41, 5.74) is 2.89. The molecular weight excluding hydrogens is 400 g/mol. The molecule has 0 aliphatic carbocycles. The number of carbonyl (C=O) groups is 2. The number of carbonyl (C=O) groups excluding carboxylic acids is 2. The van der Waals surface area contributed by atoms with E-state index in [2.05, 4.69) is 0 Å². The molecule has 0 saturated heterocycles. The van der Waals surface area contributed by atoms with Gasteiger partial charge in [0.15, 0.2) is 0 Å². The number of rotatable bonds is 7. The van der Waals surface area contributed by atoms with Gasteiger partial charge in [0.05, 0.1) is 17.4 Å². The highest BCUT2D eigenvalue weighted by Crippen LogP contribution is 2.37. The number of amides is 2. The number of benzene rings is 3. The summed E-state index contributed by atoms with van der Waals surface area (Å²) >= 11 is 0. The molecule has 0 fully saturated rings. The van der Waals surface area contributed by atoms with Crippen molar-refractivity contribution in [2.45, 2.75) is 26.9 Å². The number of nitrogens with zero attached hydrogens (tertiary/aromatic N) is 2. The first-order valence-corrected chi connectivity index (χ1v) is 10.8. The lowest BCUT2D eigenvalue weighted by Gasteiger charge is -2.25. The molecule has 0 radical (unpaired) electrons. The smallest absolute Gasteiger partial charge is 0.282 e. The Morgan fingerprint density at radius 1 is 0.812 bits per heavy atom. The number of hydrogen-bond acceptors (Lipinski definition) is 4. The predicted molar refractivity (Wildman–Crippen MR) is 128 cm³/mol. The Balaban J connectivity index is 1.80. The van der Waals surface area contributed by atoms with Crippen molar-refractivity contribution >= 4 is 28.8 Å². The van der Waals surface area contributed by atoms with E-state index in [-0.39, 0.29) is 17.9 Å². The van der Waals surface area contributed by atoms with Crippen LogP contribution < -0.4 is 14.5 Å². The molecule has 0 atom stereocenters. The molecule has 4 rings (SSSR count). The zero-order chi connectivity index (χ0) is 22.7. The number of hydrogen-bond donors (Lipinski definition) is 0. The Hall–Kier alpha value is -3.86. The summed E-state index contributed by atoms with van der Waals surface area (Å²) in [4.78, 5) is 30.5. The van der Waals surface area contributed by atoms with Crippen molar-refractivity contribution in [2.75, 3.05) is 16.3 Å². The van der Waals surface area contributed by atoms with E-state index < -0.39 is 0 Å². The van der Waals surface area contributed by atoms with Crippen LogP contribution in [0.3, 0.4) is 0 Å². The van der Waals surface area contributed by atoms with Gasteiger partial charge in [-0.05, 0) is 62.7 Å². The summed E-state index contributed by atoms with van der Waals surface area (Å²) in [6, 6.07) is 26.1. The lowest BCUT2D eigenvalue weighted by Crippen LogP contribution is -2.35. The van der Waals surface area contributed by atoms with Gasteiger partial charge >= 0.3 is 0 Å². The van der Waals surface area contributed by atoms with Crippen LogP contribution in [0.25, 0.3) is 5.57 Å². The largest absolute Gasteiger partial charge is 0.491 e. The zero-order valence-corrected chi connectivity index (χ0v) is 18.5. The van der Waals surface area contributed by atoms with Crippen molar-refractivity contribution in [3.63, 3.8) is 0 Å².